The van der Waals surface area contributed by atoms with E-state index in [1.165, 1.54) is 0 Å². The van der Waals surface area contributed by atoms with Crippen LogP contribution in [0, 0.1) is 13.8 Å². The second-order valence-electron chi connectivity index (χ2n) is 6.41. The summed E-state index contributed by atoms with van der Waals surface area (Å²) in [5.41, 5.74) is 3.74. The first kappa shape index (κ1) is 19.4. The third-order valence-corrected chi connectivity index (χ3v) is 4.29. The van der Waals surface area contributed by atoms with Gasteiger partial charge < -0.3 is 14.0 Å². The Morgan fingerprint density at radius 1 is 1.07 bits per heavy atom. The number of hydrogen-bond acceptors (Lipinski definition) is 5. The fourth-order valence-electron chi connectivity index (χ4n) is 2.67. The summed E-state index contributed by atoms with van der Waals surface area (Å²) in [6, 6.07) is 17.3. The van der Waals surface area contributed by atoms with Gasteiger partial charge in [0.1, 0.15) is 24.7 Å². The SMILES string of the molecule is Cc1noc(C)c1COc1ccc(CC(=O)OC/C=C/c2ccccc2)cc1. The molecule has 0 saturated heterocycles. The molecule has 5 nitrogen and oxygen atoms in total. The minimum Gasteiger partial charge on any atom is -0.489 e. The third-order valence-electron chi connectivity index (χ3n) is 4.29. The summed E-state index contributed by atoms with van der Waals surface area (Å²) in [4.78, 5) is 12.0. The van der Waals surface area contributed by atoms with Crippen molar-refractivity contribution in [1.29, 1.82) is 0 Å². The van der Waals surface area contributed by atoms with E-state index in [-0.39, 0.29) is 19.0 Å². The van der Waals surface area contributed by atoms with Gasteiger partial charge in [0.2, 0.25) is 0 Å². The highest BCUT2D eigenvalue weighted by atomic mass is 16.5. The number of nitrogens with zero attached hydrogens (tertiary/aromatic N) is 1. The number of carbonyl (C=O) groups is 1. The molecule has 0 bridgehead atoms. The summed E-state index contributed by atoms with van der Waals surface area (Å²) < 4.78 is 16.1. The standard InChI is InChI=1S/C23H23NO4/c1-17-22(18(2)28-24-17)16-27-21-12-10-20(11-13-21)15-23(25)26-14-6-9-19-7-4-3-5-8-19/h3-13H,14-16H2,1-2H3/b9-6+. The first-order valence-electron chi connectivity index (χ1n) is 9.12. The van der Waals surface area contributed by atoms with Crippen LogP contribution >= 0.6 is 0 Å². The van der Waals surface area contributed by atoms with Gasteiger partial charge in [0, 0.05) is 0 Å². The van der Waals surface area contributed by atoms with E-state index in [2.05, 4.69) is 5.16 Å². The van der Waals surface area contributed by atoms with Crippen LogP contribution in [0.25, 0.3) is 6.08 Å². The Labute approximate surface area is 164 Å². The molecular weight excluding hydrogens is 354 g/mol. The second-order valence-corrected chi connectivity index (χ2v) is 6.41. The zero-order valence-corrected chi connectivity index (χ0v) is 16.1. The fourth-order valence-corrected chi connectivity index (χ4v) is 2.67. The van der Waals surface area contributed by atoms with Gasteiger partial charge in [-0.3, -0.25) is 4.79 Å². The summed E-state index contributed by atoms with van der Waals surface area (Å²) in [5.74, 6) is 1.23. The van der Waals surface area contributed by atoms with Crippen molar-refractivity contribution in [3.05, 3.63) is 88.8 Å². The summed E-state index contributed by atoms with van der Waals surface area (Å²) in [5, 5.41) is 3.91. The lowest BCUT2D eigenvalue weighted by Crippen LogP contribution is -2.08. The molecule has 5 heteroatoms. The average molecular weight is 377 g/mol. The van der Waals surface area contributed by atoms with Crippen LogP contribution in [0.5, 0.6) is 5.75 Å². The molecule has 0 unspecified atom stereocenters. The molecule has 0 saturated carbocycles. The van der Waals surface area contributed by atoms with Crippen molar-refractivity contribution in [3.8, 4) is 5.75 Å². The maximum absolute atomic E-state index is 12.0. The maximum Gasteiger partial charge on any atom is 0.310 e. The van der Waals surface area contributed by atoms with Crippen LogP contribution in [0.4, 0.5) is 0 Å². The van der Waals surface area contributed by atoms with E-state index in [0.29, 0.717) is 6.61 Å². The van der Waals surface area contributed by atoms with Crippen molar-refractivity contribution in [2.75, 3.05) is 6.61 Å². The number of aromatic nitrogens is 1. The van der Waals surface area contributed by atoms with Gasteiger partial charge >= 0.3 is 5.97 Å². The predicted octanol–water partition coefficient (Wildman–Crippen LogP) is 4.67. The lowest BCUT2D eigenvalue weighted by molar-refractivity contribution is -0.141. The third kappa shape index (κ3) is 5.58. The Morgan fingerprint density at radius 3 is 2.50 bits per heavy atom. The normalized spacial score (nSPS) is 10.9. The second kappa shape index (κ2) is 9.55. The Bertz CT molecular complexity index is 907. The molecule has 3 rings (SSSR count). The van der Waals surface area contributed by atoms with Crippen molar-refractivity contribution in [1.82, 2.24) is 5.16 Å². The Morgan fingerprint density at radius 2 is 1.82 bits per heavy atom. The molecule has 0 aliphatic heterocycles. The Hall–Kier alpha value is -3.34. The van der Waals surface area contributed by atoms with Crippen molar-refractivity contribution in [3.63, 3.8) is 0 Å². The lowest BCUT2D eigenvalue weighted by atomic mass is 10.1. The van der Waals surface area contributed by atoms with Crippen molar-refractivity contribution < 1.29 is 18.8 Å². The van der Waals surface area contributed by atoms with Gasteiger partial charge in [0.05, 0.1) is 17.7 Å². The average Bonchev–Trinajstić information content (AvgIpc) is 3.03. The highest BCUT2D eigenvalue weighted by Crippen LogP contribution is 2.18. The number of esters is 1. The Kier molecular flexibility index (Phi) is 6.63. The summed E-state index contributed by atoms with van der Waals surface area (Å²) in [7, 11) is 0. The number of hydrogen-bond donors (Lipinski definition) is 0. The molecule has 28 heavy (non-hydrogen) atoms. The molecule has 0 amide bonds. The minimum absolute atomic E-state index is 0.226. The van der Waals surface area contributed by atoms with E-state index in [1.54, 1.807) is 0 Å². The van der Waals surface area contributed by atoms with Gasteiger partial charge in [-0.2, -0.15) is 0 Å². The van der Waals surface area contributed by atoms with Crippen molar-refractivity contribution in [2.24, 2.45) is 0 Å². The van der Waals surface area contributed by atoms with Crippen LogP contribution in [-0.2, 0) is 22.6 Å². The van der Waals surface area contributed by atoms with Crippen molar-refractivity contribution in [2.45, 2.75) is 26.9 Å². The van der Waals surface area contributed by atoms with Crippen LogP contribution in [0.15, 0.2) is 65.2 Å². The topological polar surface area (TPSA) is 61.6 Å². The van der Waals surface area contributed by atoms with Crippen LogP contribution in [0.3, 0.4) is 0 Å². The van der Waals surface area contributed by atoms with Crippen LogP contribution < -0.4 is 4.74 Å². The van der Waals surface area contributed by atoms with Crippen molar-refractivity contribution >= 4 is 12.0 Å². The molecule has 3 aromatic rings. The summed E-state index contributed by atoms with van der Waals surface area (Å²) in [6.07, 6.45) is 3.99. The van der Waals surface area contributed by atoms with Crippen LogP contribution in [0.2, 0.25) is 0 Å². The number of ether oxygens (including phenoxy) is 2. The van der Waals surface area contributed by atoms with E-state index in [1.807, 2.05) is 80.6 Å². The van der Waals surface area contributed by atoms with Gasteiger partial charge in [-0.25, -0.2) is 0 Å². The Balaban J connectivity index is 1.43. The quantitative estimate of drug-likeness (QED) is 0.534. The molecule has 2 aromatic carbocycles. The van der Waals surface area contributed by atoms with E-state index in [4.69, 9.17) is 14.0 Å². The highest BCUT2D eigenvalue weighted by Gasteiger charge is 2.10. The van der Waals surface area contributed by atoms with E-state index >= 15 is 0 Å². The largest absolute Gasteiger partial charge is 0.489 e. The molecule has 0 spiro atoms. The molecule has 0 radical (unpaired) electrons. The highest BCUT2D eigenvalue weighted by molar-refractivity contribution is 5.72. The summed E-state index contributed by atoms with van der Waals surface area (Å²) >= 11 is 0. The number of carbonyl (C=O) groups excluding carboxylic acids is 1. The van der Waals surface area contributed by atoms with E-state index in [0.717, 1.165) is 33.9 Å². The molecule has 1 aromatic heterocycles. The fraction of sp³-hybridized carbons (Fsp3) is 0.217. The lowest BCUT2D eigenvalue weighted by Gasteiger charge is -2.07. The molecule has 144 valence electrons. The molecule has 0 atom stereocenters. The first-order valence-corrected chi connectivity index (χ1v) is 9.12. The van der Waals surface area contributed by atoms with Crippen LogP contribution in [0.1, 0.15) is 28.1 Å². The molecule has 0 aliphatic carbocycles. The predicted molar refractivity (Wildman–Crippen MR) is 107 cm³/mol. The molecule has 0 N–H and O–H groups in total. The number of rotatable bonds is 8. The minimum atomic E-state index is -0.262. The molecule has 0 aliphatic rings. The number of benzene rings is 2. The smallest absolute Gasteiger partial charge is 0.310 e. The number of aryl methyl sites for hydroxylation is 2. The molecule has 1 heterocycles. The zero-order valence-electron chi connectivity index (χ0n) is 16.1. The van der Waals surface area contributed by atoms with Gasteiger partial charge in [-0.1, -0.05) is 53.7 Å². The van der Waals surface area contributed by atoms with E-state index in [9.17, 15) is 4.79 Å². The maximum atomic E-state index is 12.0. The van der Waals surface area contributed by atoms with Crippen LogP contribution in [-0.4, -0.2) is 17.7 Å². The van der Waals surface area contributed by atoms with Gasteiger partial charge in [0.15, 0.2) is 0 Å². The molecule has 0 fully saturated rings. The van der Waals surface area contributed by atoms with Gasteiger partial charge in [-0.15, -0.1) is 0 Å². The monoisotopic (exact) mass is 377 g/mol. The zero-order chi connectivity index (χ0) is 19.8. The first-order chi connectivity index (χ1) is 13.6. The van der Waals surface area contributed by atoms with E-state index < -0.39 is 0 Å². The van der Waals surface area contributed by atoms with Gasteiger partial charge in [-0.05, 0) is 43.2 Å². The molecular formula is C23H23NO4. The van der Waals surface area contributed by atoms with Gasteiger partial charge in [0.25, 0.3) is 0 Å². The summed E-state index contributed by atoms with van der Waals surface area (Å²) in [6.45, 7) is 4.41.